The maximum absolute atomic E-state index is 10.8. The fourth-order valence-electron chi connectivity index (χ4n) is 1.61. The van der Waals surface area contributed by atoms with Crippen LogP contribution in [0.5, 0.6) is 5.75 Å². The summed E-state index contributed by atoms with van der Waals surface area (Å²) in [5.41, 5.74) is 6.85. The predicted octanol–water partition coefficient (Wildman–Crippen LogP) is -1.06. The summed E-state index contributed by atoms with van der Waals surface area (Å²) >= 11 is 0. The number of benzene rings is 1. The fourth-order valence-corrected chi connectivity index (χ4v) is 1.61. The first-order valence-corrected chi connectivity index (χ1v) is 6.25. The lowest BCUT2D eigenvalue weighted by Gasteiger charge is -2.14. The Hall–Kier alpha value is -2.32. The highest BCUT2D eigenvalue weighted by Gasteiger charge is 2.09. The number of rotatable bonds is 7. The van der Waals surface area contributed by atoms with Crippen molar-refractivity contribution in [2.45, 2.75) is 13.0 Å². The Balaban J connectivity index is 2.53. The van der Waals surface area contributed by atoms with Gasteiger partial charge in [0, 0.05) is 12.1 Å². The summed E-state index contributed by atoms with van der Waals surface area (Å²) in [6.07, 6.45) is -0.899. The number of carbonyl (C=O) groups excluding carboxylic acids is 1. The molecule has 0 saturated heterocycles. The number of carbonyl (C=O) groups is 1. The number of amidine groups is 1. The normalized spacial score (nSPS) is 12.8. The van der Waals surface area contributed by atoms with Gasteiger partial charge in [-0.25, -0.2) is 0 Å². The monoisotopic (exact) mass is 297 g/mol. The smallest absolute Gasteiger partial charge is 0.245 e. The predicted molar refractivity (Wildman–Crippen MR) is 75.3 cm³/mol. The molecular weight excluding hydrogens is 278 g/mol. The van der Waals surface area contributed by atoms with Gasteiger partial charge in [0.05, 0.1) is 0 Å². The second-order valence-electron chi connectivity index (χ2n) is 4.39. The molecule has 21 heavy (non-hydrogen) atoms. The molecule has 8 nitrogen and oxygen atoms in total. The van der Waals surface area contributed by atoms with Crippen LogP contribution in [0.2, 0.25) is 0 Å². The van der Waals surface area contributed by atoms with Gasteiger partial charge in [0.15, 0.2) is 5.84 Å². The Morgan fingerprint density at radius 2 is 2.24 bits per heavy atom. The molecular formula is C13H19N3O5. The molecule has 6 N–H and O–H groups in total. The molecule has 8 heteroatoms. The lowest BCUT2D eigenvalue weighted by Crippen LogP contribution is -2.36. The van der Waals surface area contributed by atoms with E-state index in [1.807, 2.05) is 0 Å². The number of hydrogen-bond donors (Lipinski definition) is 5. The van der Waals surface area contributed by atoms with Crippen molar-refractivity contribution >= 4 is 11.7 Å². The van der Waals surface area contributed by atoms with E-state index in [4.69, 9.17) is 20.8 Å². The third-order valence-electron chi connectivity index (χ3n) is 2.70. The average Bonchev–Trinajstić information content (AvgIpc) is 2.49. The Bertz CT molecular complexity index is 519. The van der Waals surface area contributed by atoms with E-state index in [9.17, 15) is 9.90 Å². The molecule has 1 unspecified atom stereocenters. The number of nitrogens with two attached hydrogens (primary N) is 1. The van der Waals surface area contributed by atoms with Crippen LogP contribution in [-0.4, -0.2) is 53.0 Å². The van der Waals surface area contributed by atoms with E-state index in [0.717, 1.165) is 5.56 Å². The van der Waals surface area contributed by atoms with Gasteiger partial charge < -0.3 is 31.2 Å². The van der Waals surface area contributed by atoms with Crippen LogP contribution < -0.4 is 15.8 Å². The topological polar surface area (TPSA) is 137 Å². The Kier molecular flexibility index (Phi) is 6.44. The molecule has 0 aromatic heterocycles. The number of aryl methyl sites for hydroxylation is 1. The third kappa shape index (κ3) is 5.28. The van der Waals surface area contributed by atoms with Crippen molar-refractivity contribution in [2.24, 2.45) is 10.9 Å². The molecule has 0 aliphatic heterocycles. The summed E-state index contributed by atoms with van der Waals surface area (Å²) < 4.78 is 5.38. The van der Waals surface area contributed by atoms with E-state index < -0.39 is 18.6 Å². The molecule has 0 bridgehead atoms. The van der Waals surface area contributed by atoms with Crippen molar-refractivity contribution in [1.82, 2.24) is 5.32 Å². The van der Waals surface area contributed by atoms with Gasteiger partial charge in [0.1, 0.15) is 25.1 Å². The molecule has 0 radical (unpaired) electrons. The quantitative estimate of drug-likeness (QED) is 0.188. The molecule has 0 fully saturated rings. The standard InChI is InChI=1S/C13H19N3O5/c1-8-4-10(2-3-11(8)13(14)16-20)21-7-9(18)5-15-12(19)6-17/h2-4,9,17-18,20H,5-7H2,1H3,(H2,14,16)(H,15,19). The number of nitrogens with one attached hydrogen (secondary N) is 1. The zero-order chi connectivity index (χ0) is 15.8. The van der Waals surface area contributed by atoms with Gasteiger partial charge in [0.25, 0.3) is 0 Å². The Morgan fingerprint density at radius 3 is 2.81 bits per heavy atom. The minimum atomic E-state index is -0.899. The summed E-state index contributed by atoms with van der Waals surface area (Å²) in [5.74, 6) is -0.0478. The molecule has 116 valence electrons. The highest BCUT2D eigenvalue weighted by atomic mass is 16.5. The Labute approximate surface area is 121 Å². The second-order valence-corrected chi connectivity index (χ2v) is 4.39. The molecule has 0 aliphatic carbocycles. The van der Waals surface area contributed by atoms with Crippen molar-refractivity contribution < 1.29 is 25.0 Å². The van der Waals surface area contributed by atoms with Crippen molar-refractivity contribution in [3.05, 3.63) is 29.3 Å². The molecule has 0 saturated carbocycles. The maximum Gasteiger partial charge on any atom is 0.245 e. The van der Waals surface area contributed by atoms with E-state index in [0.29, 0.717) is 11.3 Å². The van der Waals surface area contributed by atoms with Crippen LogP contribution in [-0.2, 0) is 4.79 Å². The maximum atomic E-state index is 10.8. The van der Waals surface area contributed by atoms with Crippen LogP contribution in [0, 0.1) is 6.92 Å². The first-order valence-electron chi connectivity index (χ1n) is 6.25. The molecule has 1 aromatic rings. The van der Waals surface area contributed by atoms with Gasteiger partial charge in [-0.3, -0.25) is 4.79 Å². The van der Waals surface area contributed by atoms with Crippen LogP contribution in [0.25, 0.3) is 0 Å². The van der Waals surface area contributed by atoms with E-state index in [1.54, 1.807) is 25.1 Å². The molecule has 1 aromatic carbocycles. The van der Waals surface area contributed by atoms with Crippen LogP contribution in [0.3, 0.4) is 0 Å². The van der Waals surface area contributed by atoms with E-state index in [-0.39, 0.29) is 19.0 Å². The molecule has 0 spiro atoms. The first kappa shape index (κ1) is 16.7. The van der Waals surface area contributed by atoms with Crippen molar-refractivity contribution in [3.63, 3.8) is 0 Å². The summed E-state index contributed by atoms with van der Waals surface area (Å²) in [7, 11) is 0. The highest BCUT2D eigenvalue weighted by Crippen LogP contribution is 2.17. The molecule has 0 aliphatic rings. The lowest BCUT2D eigenvalue weighted by atomic mass is 10.1. The minimum Gasteiger partial charge on any atom is -0.491 e. The number of amides is 1. The molecule has 0 heterocycles. The van der Waals surface area contributed by atoms with Gasteiger partial charge in [-0.15, -0.1) is 0 Å². The Morgan fingerprint density at radius 1 is 1.52 bits per heavy atom. The molecule has 1 atom stereocenters. The van der Waals surface area contributed by atoms with Gasteiger partial charge in [-0.2, -0.15) is 0 Å². The summed E-state index contributed by atoms with van der Waals surface area (Å²) in [4.78, 5) is 10.8. The number of nitrogens with zero attached hydrogens (tertiary/aromatic N) is 1. The van der Waals surface area contributed by atoms with Crippen LogP contribution in [0.1, 0.15) is 11.1 Å². The lowest BCUT2D eigenvalue weighted by molar-refractivity contribution is -0.124. The fraction of sp³-hybridized carbons (Fsp3) is 0.385. The van der Waals surface area contributed by atoms with E-state index in [1.165, 1.54) is 0 Å². The molecule has 1 amide bonds. The summed E-state index contributed by atoms with van der Waals surface area (Å²) in [5, 5.41) is 32.0. The van der Waals surface area contributed by atoms with Gasteiger partial charge in [0.2, 0.25) is 5.91 Å². The SMILES string of the molecule is Cc1cc(OCC(O)CNC(=O)CO)ccc1C(N)=NO. The van der Waals surface area contributed by atoms with Crippen molar-refractivity contribution in [1.29, 1.82) is 0 Å². The van der Waals surface area contributed by atoms with Crippen LogP contribution in [0.15, 0.2) is 23.4 Å². The number of ether oxygens (including phenoxy) is 1. The number of aliphatic hydroxyl groups is 2. The van der Waals surface area contributed by atoms with Gasteiger partial charge in [-0.05, 0) is 30.7 Å². The van der Waals surface area contributed by atoms with Crippen LogP contribution in [0.4, 0.5) is 0 Å². The zero-order valence-electron chi connectivity index (χ0n) is 11.6. The third-order valence-corrected chi connectivity index (χ3v) is 2.70. The summed E-state index contributed by atoms with van der Waals surface area (Å²) in [6.45, 7) is 1.12. The highest BCUT2D eigenvalue weighted by molar-refractivity contribution is 5.98. The zero-order valence-corrected chi connectivity index (χ0v) is 11.6. The summed E-state index contributed by atoms with van der Waals surface area (Å²) in [6, 6.07) is 4.95. The molecule has 1 rings (SSSR count). The van der Waals surface area contributed by atoms with Crippen molar-refractivity contribution in [2.75, 3.05) is 19.8 Å². The second kappa shape index (κ2) is 8.08. The van der Waals surface area contributed by atoms with Gasteiger partial charge in [-0.1, -0.05) is 5.16 Å². The minimum absolute atomic E-state index is 0.00537. The number of aliphatic hydroxyl groups excluding tert-OH is 2. The number of oxime groups is 1. The first-order chi connectivity index (χ1) is 9.97. The van der Waals surface area contributed by atoms with E-state index in [2.05, 4.69) is 10.5 Å². The average molecular weight is 297 g/mol. The largest absolute Gasteiger partial charge is 0.491 e. The van der Waals surface area contributed by atoms with Gasteiger partial charge >= 0.3 is 0 Å². The van der Waals surface area contributed by atoms with Crippen molar-refractivity contribution in [3.8, 4) is 5.75 Å². The van der Waals surface area contributed by atoms with E-state index >= 15 is 0 Å². The van der Waals surface area contributed by atoms with Crippen LogP contribution >= 0.6 is 0 Å². The number of hydrogen-bond acceptors (Lipinski definition) is 6.